The molecule has 0 spiro atoms. The number of nitrogens with two attached hydrogens (primary N) is 1. The molecule has 0 saturated carbocycles. The van der Waals surface area contributed by atoms with E-state index >= 15 is 0 Å². The number of carbonyl (C=O) groups is 1. The second-order valence-corrected chi connectivity index (χ2v) is 6.48. The molecule has 1 heterocycles. The summed E-state index contributed by atoms with van der Waals surface area (Å²) in [5.74, 6) is -0.180. The lowest BCUT2D eigenvalue weighted by molar-refractivity contribution is -0.121. The van der Waals surface area contributed by atoms with Crippen molar-refractivity contribution in [3.8, 4) is 0 Å². The van der Waals surface area contributed by atoms with Crippen molar-refractivity contribution in [2.24, 2.45) is 11.1 Å². The number of anilines is 2. The second kappa shape index (κ2) is 6.43. The molecule has 1 saturated heterocycles. The molecule has 1 fully saturated rings. The number of hydrogen-bond donors (Lipinski definition) is 2. The number of nitrogens with zero attached hydrogens (tertiary/aromatic N) is 1. The first-order valence-corrected chi connectivity index (χ1v) is 7.78. The summed E-state index contributed by atoms with van der Waals surface area (Å²) in [4.78, 5) is 14.8. The van der Waals surface area contributed by atoms with Gasteiger partial charge in [-0.3, -0.25) is 4.79 Å². The predicted octanol–water partition coefficient (Wildman–Crippen LogP) is 2.93. The smallest absolute Gasteiger partial charge is 0.236 e. The van der Waals surface area contributed by atoms with E-state index in [1.807, 2.05) is 12.1 Å². The second-order valence-electron chi connectivity index (χ2n) is 6.04. The zero-order chi connectivity index (χ0) is 15.5. The standard InChI is InChI=1S/C16H23N3OS/c1-16(2,14(17)21)15(20)18-12-6-8-13(9-7-12)19-10-4-3-5-11-19/h6-9H,3-5,10-11H2,1-2H3,(H2,17,21)(H,18,20). The van der Waals surface area contributed by atoms with Crippen LogP contribution in [0.4, 0.5) is 11.4 Å². The zero-order valence-electron chi connectivity index (χ0n) is 12.7. The van der Waals surface area contributed by atoms with Crippen LogP contribution in [0.5, 0.6) is 0 Å². The Kier molecular flexibility index (Phi) is 4.83. The van der Waals surface area contributed by atoms with Crippen LogP contribution in [0.15, 0.2) is 24.3 Å². The van der Waals surface area contributed by atoms with E-state index in [9.17, 15) is 4.79 Å². The van der Waals surface area contributed by atoms with Crippen LogP contribution < -0.4 is 16.0 Å². The number of nitrogens with one attached hydrogen (secondary N) is 1. The van der Waals surface area contributed by atoms with Gasteiger partial charge in [0.15, 0.2) is 0 Å². The molecule has 0 aliphatic carbocycles. The highest BCUT2D eigenvalue weighted by Gasteiger charge is 2.30. The maximum atomic E-state index is 12.2. The molecule has 4 nitrogen and oxygen atoms in total. The zero-order valence-corrected chi connectivity index (χ0v) is 13.5. The SMILES string of the molecule is CC(C)(C(=O)Nc1ccc(N2CCCCC2)cc1)C(N)=S. The molecule has 1 aromatic rings. The summed E-state index contributed by atoms with van der Waals surface area (Å²) in [6.45, 7) is 5.68. The Morgan fingerprint density at radius 1 is 1.19 bits per heavy atom. The molecule has 3 N–H and O–H groups in total. The van der Waals surface area contributed by atoms with Crippen molar-refractivity contribution in [2.75, 3.05) is 23.3 Å². The molecule has 1 aliphatic rings. The van der Waals surface area contributed by atoms with Gasteiger partial charge in [-0.2, -0.15) is 0 Å². The number of benzene rings is 1. The van der Waals surface area contributed by atoms with Crippen LogP contribution in [0.1, 0.15) is 33.1 Å². The summed E-state index contributed by atoms with van der Waals surface area (Å²) < 4.78 is 0. The lowest BCUT2D eigenvalue weighted by Crippen LogP contribution is -2.41. The van der Waals surface area contributed by atoms with Crippen LogP contribution >= 0.6 is 12.2 Å². The number of carbonyl (C=O) groups excluding carboxylic acids is 1. The van der Waals surface area contributed by atoms with Crippen LogP contribution in [0, 0.1) is 5.41 Å². The molecule has 2 rings (SSSR count). The van der Waals surface area contributed by atoms with E-state index in [1.54, 1.807) is 13.8 Å². The van der Waals surface area contributed by atoms with Gasteiger partial charge in [-0.05, 0) is 57.4 Å². The number of piperidine rings is 1. The number of rotatable bonds is 4. The van der Waals surface area contributed by atoms with E-state index in [-0.39, 0.29) is 10.9 Å². The summed E-state index contributed by atoms with van der Waals surface area (Å²) in [7, 11) is 0. The van der Waals surface area contributed by atoms with Gasteiger partial charge in [0.1, 0.15) is 0 Å². The van der Waals surface area contributed by atoms with Crippen LogP contribution in [0.3, 0.4) is 0 Å². The molecule has 0 radical (unpaired) electrons. The lowest BCUT2D eigenvalue weighted by Gasteiger charge is -2.29. The topological polar surface area (TPSA) is 58.4 Å². The fraction of sp³-hybridized carbons (Fsp3) is 0.500. The molecular formula is C16H23N3OS. The quantitative estimate of drug-likeness (QED) is 0.840. The predicted molar refractivity (Wildman–Crippen MR) is 91.7 cm³/mol. The van der Waals surface area contributed by atoms with Crippen molar-refractivity contribution in [2.45, 2.75) is 33.1 Å². The molecule has 21 heavy (non-hydrogen) atoms. The fourth-order valence-corrected chi connectivity index (χ4v) is 2.40. The first-order valence-electron chi connectivity index (χ1n) is 7.37. The summed E-state index contributed by atoms with van der Waals surface area (Å²) in [6.07, 6.45) is 3.82. The maximum absolute atomic E-state index is 12.2. The van der Waals surface area contributed by atoms with Crippen LogP contribution in [0.25, 0.3) is 0 Å². The first-order chi connectivity index (χ1) is 9.91. The molecule has 1 amide bonds. The minimum absolute atomic E-state index is 0.180. The Morgan fingerprint density at radius 3 is 2.29 bits per heavy atom. The lowest BCUT2D eigenvalue weighted by atomic mass is 9.92. The van der Waals surface area contributed by atoms with Gasteiger partial charge in [-0.25, -0.2) is 0 Å². The molecule has 0 bridgehead atoms. The van der Waals surface area contributed by atoms with E-state index < -0.39 is 5.41 Å². The number of thiocarbonyl (C=S) groups is 1. The van der Waals surface area contributed by atoms with Crippen molar-refractivity contribution in [3.05, 3.63) is 24.3 Å². The average Bonchev–Trinajstić information content (AvgIpc) is 2.48. The molecule has 114 valence electrons. The van der Waals surface area contributed by atoms with Crippen molar-refractivity contribution >= 4 is 34.5 Å². The Balaban J connectivity index is 2.02. The Hall–Kier alpha value is -1.62. The van der Waals surface area contributed by atoms with Crippen LogP contribution in [0.2, 0.25) is 0 Å². The van der Waals surface area contributed by atoms with Crippen LogP contribution in [-0.4, -0.2) is 24.0 Å². The highest BCUT2D eigenvalue weighted by Crippen LogP contribution is 2.23. The minimum atomic E-state index is -0.846. The molecule has 1 aromatic carbocycles. The summed E-state index contributed by atoms with van der Waals surface area (Å²) in [5.41, 5.74) is 6.74. The highest BCUT2D eigenvalue weighted by molar-refractivity contribution is 7.80. The molecule has 0 atom stereocenters. The third-order valence-corrected chi connectivity index (χ3v) is 4.54. The van der Waals surface area contributed by atoms with Gasteiger partial charge in [0, 0.05) is 24.5 Å². The van der Waals surface area contributed by atoms with Gasteiger partial charge in [0.05, 0.1) is 10.4 Å². The molecule has 0 unspecified atom stereocenters. The normalized spacial score (nSPS) is 15.6. The van der Waals surface area contributed by atoms with E-state index in [2.05, 4.69) is 22.3 Å². The average molecular weight is 305 g/mol. The van der Waals surface area contributed by atoms with E-state index in [4.69, 9.17) is 18.0 Å². The van der Waals surface area contributed by atoms with Crippen molar-refractivity contribution < 1.29 is 4.79 Å². The van der Waals surface area contributed by atoms with Crippen molar-refractivity contribution in [1.29, 1.82) is 0 Å². The molecule has 0 aromatic heterocycles. The Morgan fingerprint density at radius 2 is 1.76 bits per heavy atom. The van der Waals surface area contributed by atoms with Gasteiger partial charge in [0.2, 0.25) is 5.91 Å². The van der Waals surface area contributed by atoms with Crippen LogP contribution in [-0.2, 0) is 4.79 Å². The van der Waals surface area contributed by atoms with Gasteiger partial charge >= 0.3 is 0 Å². The fourth-order valence-electron chi connectivity index (χ4n) is 2.31. The Labute approximate surface area is 131 Å². The third kappa shape index (κ3) is 3.73. The minimum Gasteiger partial charge on any atom is -0.392 e. The number of hydrogen-bond acceptors (Lipinski definition) is 3. The van der Waals surface area contributed by atoms with Gasteiger partial charge in [-0.15, -0.1) is 0 Å². The van der Waals surface area contributed by atoms with Crippen molar-refractivity contribution in [3.63, 3.8) is 0 Å². The summed E-state index contributed by atoms with van der Waals surface area (Å²) in [5, 5.41) is 2.87. The van der Waals surface area contributed by atoms with E-state index in [0.717, 1.165) is 18.8 Å². The van der Waals surface area contributed by atoms with Gasteiger partial charge < -0.3 is 16.0 Å². The first kappa shape index (κ1) is 15.8. The van der Waals surface area contributed by atoms with E-state index in [1.165, 1.54) is 24.9 Å². The number of amides is 1. The van der Waals surface area contributed by atoms with E-state index in [0.29, 0.717) is 0 Å². The van der Waals surface area contributed by atoms with Gasteiger partial charge in [0.25, 0.3) is 0 Å². The molecule has 5 heteroatoms. The van der Waals surface area contributed by atoms with Crippen molar-refractivity contribution in [1.82, 2.24) is 0 Å². The largest absolute Gasteiger partial charge is 0.392 e. The third-order valence-electron chi connectivity index (χ3n) is 4.03. The molecule has 1 aliphatic heterocycles. The maximum Gasteiger partial charge on any atom is 0.236 e. The Bertz CT molecular complexity index is 519. The highest BCUT2D eigenvalue weighted by atomic mass is 32.1. The summed E-state index contributed by atoms with van der Waals surface area (Å²) >= 11 is 4.94. The van der Waals surface area contributed by atoms with Gasteiger partial charge in [-0.1, -0.05) is 12.2 Å². The molecular weight excluding hydrogens is 282 g/mol. The summed E-state index contributed by atoms with van der Waals surface area (Å²) in [6, 6.07) is 7.96. The monoisotopic (exact) mass is 305 g/mol.